The minimum absolute atomic E-state index is 0.00700. The van der Waals surface area contributed by atoms with Crippen LogP contribution in [0, 0.1) is 6.92 Å². The summed E-state index contributed by atoms with van der Waals surface area (Å²) in [7, 11) is 5.43. The number of phenols is 1. The lowest BCUT2D eigenvalue weighted by molar-refractivity contribution is -0.139. The van der Waals surface area contributed by atoms with E-state index in [4.69, 9.17) is 9.47 Å². The van der Waals surface area contributed by atoms with E-state index in [1.165, 1.54) is 11.0 Å². The number of Topliss-reactive ketones (excluding diaryl/α,β-unsaturated/α-hetero) is 1. The van der Waals surface area contributed by atoms with Gasteiger partial charge in [-0.1, -0.05) is 6.07 Å². The zero-order valence-corrected chi connectivity index (χ0v) is 20.3. The van der Waals surface area contributed by atoms with Crippen LogP contribution in [-0.4, -0.2) is 72.6 Å². The highest BCUT2D eigenvalue weighted by Crippen LogP contribution is 2.42. The summed E-state index contributed by atoms with van der Waals surface area (Å²) in [5.41, 5.74) is 1.77. The van der Waals surface area contributed by atoms with Crippen LogP contribution in [0.4, 0.5) is 0 Å². The summed E-state index contributed by atoms with van der Waals surface area (Å²) in [6.45, 7) is 5.03. The van der Waals surface area contributed by atoms with Gasteiger partial charge in [0.1, 0.15) is 11.5 Å². The number of phenolic OH excluding ortho intramolecular Hbond substituents is 1. The van der Waals surface area contributed by atoms with Crippen molar-refractivity contribution in [1.29, 1.82) is 0 Å². The number of likely N-dealkylation sites (tertiary alicyclic amines) is 1. The lowest BCUT2D eigenvalue weighted by Gasteiger charge is -2.26. The Hall–Kier alpha value is -3.52. The van der Waals surface area contributed by atoms with Gasteiger partial charge in [-0.3, -0.25) is 9.59 Å². The number of aliphatic hydroxyl groups is 1. The fourth-order valence-corrected chi connectivity index (χ4v) is 4.17. The third kappa shape index (κ3) is 5.02. The number of amides is 1. The van der Waals surface area contributed by atoms with Crippen molar-refractivity contribution in [3.8, 4) is 17.2 Å². The van der Waals surface area contributed by atoms with E-state index in [0.717, 1.165) is 12.1 Å². The fraction of sp³-hybridized carbons (Fsp3) is 0.385. The van der Waals surface area contributed by atoms with Gasteiger partial charge in [0.15, 0.2) is 11.5 Å². The van der Waals surface area contributed by atoms with Gasteiger partial charge in [-0.05, 0) is 82.4 Å². The molecule has 0 bridgehead atoms. The van der Waals surface area contributed by atoms with Crippen LogP contribution in [0.25, 0.3) is 5.76 Å². The molecule has 0 radical (unpaired) electrons. The molecule has 2 aromatic carbocycles. The van der Waals surface area contributed by atoms with Crippen molar-refractivity contribution in [3.63, 3.8) is 0 Å². The molecule has 0 unspecified atom stereocenters. The van der Waals surface area contributed by atoms with E-state index in [1.807, 2.05) is 25.9 Å². The lowest BCUT2D eigenvalue weighted by Crippen LogP contribution is -2.32. The fourth-order valence-electron chi connectivity index (χ4n) is 4.17. The van der Waals surface area contributed by atoms with E-state index < -0.39 is 17.7 Å². The molecule has 1 amide bonds. The van der Waals surface area contributed by atoms with Crippen molar-refractivity contribution < 1.29 is 29.3 Å². The predicted octanol–water partition coefficient (Wildman–Crippen LogP) is 3.48. The maximum Gasteiger partial charge on any atom is 0.295 e. The van der Waals surface area contributed by atoms with E-state index >= 15 is 0 Å². The first kappa shape index (κ1) is 25.1. The van der Waals surface area contributed by atoms with Crippen LogP contribution in [-0.2, 0) is 9.59 Å². The molecular formula is C26H32N2O6. The summed E-state index contributed by atoms with van der Waals surface area (Å²) in [5.74, 6) is -0.805. The van der Waals surface area contributed by atoms with Gasteiger partial charge in [0.05, 0.1) is 25.3 Å². The lowest BCUT2D eigenvalue weighted by atomic mass is 9.94. The first-order chi connectivity index (χ1) is 16.2. The number of rotatable bonds is 9. The Bertz CT molecular complexity index is 1110. The number of methoxy groups -OCH3 is 1. The average Bonchev–Trinajstić information content (AvgIpc) is 3.05. The second kappa shape index (κ2) is 10.6. The molecule has 1 atom stereocenters. The van der Waals surface area contributed by atoms with Crippen molar-refractivity contribution in [2.24, 2.45) is 0 Å². The zero-order valence-electron chi connectivity index (χ0n) is 20.3. The Kier molecular flexibility index (Phi) is 7.83. The normalized spacial score (nSPS) is 17.5. The largest absolute Gasteiger partial charge is 0.507 e. The molecule has 0 spiro atoms. The van der Waals surface area contributed by atoms with Crippen molar-refractivity contribution in [2.45, 2.75) is 26.3 Å². The number of carbonyl (C=O) groups excluding carboxylic acids is 2. The van der Waals surface area contributed by atoms with Gasteiger partial charge in [-0.25, -0.2) is 0 Å². The minimum atomic E-state index is -0.815. The molecule has 8 heteroatoms. The van der Waals surface area contributed by atoms with Crippen LogP contribution in [0.2, 0.25) is 0 Å². The highest BCUT2D eigenvalue weighted by atomic mass is 16.5. The Balaban J connectivity index is 2.15. The van der Waals surface area contributed by atoms with Crippen molar-refractivity contribution in [1.82, 2.24) is 9.80 Å². The topological polar surface area (TPSA) is 99.5 Å². The van der Waals surface area contributed by atoms with Gasteiger partial charge in [-0.2, -0.15) is 0 Å². The maximum absolute atomic E-state index is 13.2. The third-order valence-electron chi connectivity index (χ3n) is 5.81. The number of ketones is 1. The van der Waals surface area contributed by atoms with E-state index in [1.54, 1.807) is 44.4 Å². The van der Waals surface area contributed by atoms with Gasteiger partial charge in [0.2, 0.25) is 0 Å². The molecule has 0 aromatic heterocycles. The zero-order chi connectivity index (χ0) is 25.0. The van der Waals surface area contributed by atoms with Crippen LogP contribution in [0.5, 0.6) is 17.2 Å². The molecule has 0 saturated carbocycles. The van der Waals surface area contributed by atoms with Gasteiger partial charge in [0, 0.05) is 12.1 Å². The van der Waals surface area contributed by atoms with Gasteiger partial charge >= 0.3 is 0 Å². The molecule has 1 saturated heterocycles. The van der Waals surface area contributed by atoms with E-state index in [-0.39, 0.29) is 22.8 Å². The quantitative estimate of drug-likeness (QED) is 0.330. The summed E-state index contributed by atoms with van der Waals surface area (Å²) in [6.07, 6.45) is 0.647. The standard InChI is InChI=1S/C26H32N2O6/c1-6-34-21-15-17(8-10-19(21)29)23-22(24(30)18-9-11-20(33-5)16(2)14-18)25(31)26(32)28(23)13-7-12-27(3)4/h8-11,14-15,23,29-30H,6-7,12-13H2,1-5H3/b24-22+/t23-/m1/s1. The monoisotopic (exact) mass is 468 g/mol. The summed E-state index contributed by atoms with van der Waals surface area (Å²) in [6, 6.07) is 8.98. The summed E-state index contributed by atoms with van der Waals surface area (Å²) in [5, 5.41) is 21.4. The summed E-state index contributed by atoms with van der Waals surface area (Å²) in [4.78, 5) is 29.7. The maximum atomic E-state index is 13.2. The van der Waals surface area contributed by atoms with Crippen LogP contribution in [0.15, 0.2) is 42.0 Å². The van der Waals surface area contributed by atoms with Crippen molar-refractivity contribution in [2.75, 3.05) is 40.9 Å². The van der Waals surface area contributed by atoms with Crippen molar-refractivity contribution >= 4 is 17.4 Å². The highest BCUT2D eigenvalue weighted by molar-refractivity contribution is 6.46. The highest BCUT2D eigenvalue weighted by Gasteiger charge is 2.46. The number of nitrogens with zero attached hydrogens (tertiary/aromatic N) is 2. The average molecular weight is 469 g/mol. The van der Waals surface area contributed by atoms with Gasteiger partial charge in [0.25, 0.3) is 11.7 Å². The molecule has 2 aromatic rings. The number of aliphatic hydroxyl groups excluding tert-OH is 1. The first-order valence-corrected chi connectivity index (χ1v) is 11.2. The molecule has 2 N–H and O–H groups in total. The third-order valence-corrected chi connectivity index (χ3v) is 5.81. The van der Waals surface area contributed by atoms with Gasteiger partial charge < -0.3 is 29.5 Å². The van der Waals surface area contributed by atoms with E-state index in [2.05, 4.69) is 0 Å². The number of ether oxygens (including phenoxy) is 2. The Labute approximate surface area is 200 Å². The van der Waals surface area contributed by atoms with Gasteiger partial charge in [-0.15, -0.1) is 0 Å². The van der Waals surface area contributed by atoms with Crippen LogP contribution >= 0.6 is 0 Å². The molecule has 182 valence electrons. The molecule has 34 heavy (non-hydrogen) atoms. The van der Waals surface area contributed by atoms with E-state index in [9.17, 15) is 19.8 Å². The molecule has 0 aliphatic carbocycles. The first-order valence-electron chi connectivity index (χ1n) is 11.2. The Morgan fingerprint density at radius 2 is 1.85 bits per heavy atom. The Morgan fingerprint density at radius 1 is 1.12 bits per heavy atom. The van der Waals surface area contributed by atoms with Crippen LogP contribution in [0.1, 0.15) is 36.1 Å². The summed E-state index contributed by atoms with van der Waals surface area (Å²) < 4.78 is 10.8. The molecule has 1 aliphatic heterocycles. The second-order valence-electron chi connectivity index (χ2n) is 8.49. The minimum Gasteiger partial charge on any atom is -0.507 e. The number of hydrogen-bond acceptors (Lipinski definition) is 7. The second-order valence-corrected chi connectivity index (χ2v) is 8.49. The molecule has 3 rings (SSSR count). The van der Waals surface area contributed by atoms with Crippen LogP contribution < -0.4 is 9.47 Å². The summed E-state index contributed by atoms with van der Waals surface area (Å²) >= 11 is 0. The van der Waals surface area contributed by atoms with Crippen LogP contribution in [0.3, 0.4) is 0 Å². The number of hydrogen-bond donors (Lipinski definition) is 2. The molecule has 1 aliphatic rings. The number of benzene rings is 2. The number of aryl methyl sites for hydroxylation is 1. The molecule has 1 heterocycles. The predicted molar refractivity (Wildman–Crippen MR) is 129 cm³/mol. The molecule has 1 fully saturated rings. The Morgan fingerprint density at radius 3 is 2.47 bits per heavy atom. The smallest absolute Gasteiger partial charge is 0.295 e. The van der Waals surface area contributed by atoms with Crippen molar-refractivity contribution in [3.05, 3.63) is 58.7 Å². The number of aromatic hydroxyl groups is 1. The molecule has 8 nitrogen and oxygen atoms in total. The number of carbonyl (C=O) groups is 2. The van der Waals surface area contributed by atoms with E-state index in [0.29, 0.717) is 36.4 Å². The SMILES string of the molecule is CCOc1cc([C@@H]2/C(=C(\O)c3ccc(OC)c(C)c3)C(=O)C(=O)N2CCCN(C)C)ccc1O. The molecular weight excluding hydrogens is 436 g/mol.